The molecule has 7 nitrogen and oxygen atoms in total. The highest BCUT2D eigenvalue weighted by molar-refractivity contribution is 6.02. The molecule has 4 aromatic rings. The second kappa shape index (κ2) is 9.08. The molecule has 3 aromatic heterocycles. The van der Waals surface area contributed by atoms with Crippen LogP contribution in [0.3, 0.4) is 0 Å². The standard InChI is InChI=1S/C26H23N5O2/c32-21-10-6-9-20-24(21)19(15-17-7-2-1-3-8-17)25(29-20)18-12-14-28-23(16-18)31-26(33)30-22-11-4-5-13-27-22/h1-5,7-8,11-14,16,29H,6,9-10,15H2,(H2,27,28,30,31,33). The van der Waals surface area contributed by atoms with Crippen LogP contribution in [0.5, 0.6) is 0 Å². The Morgan fingerprint density at radius 1 is 0.909 bits per heavy atom. The highest BCUT2D eigenvalue weighted by Gasteiger charge is 2.26. The maximum Gasteiger partial charge on any atom is 0.326 e. The molecule has 0 saturated heterocycles. The van der Waals surface area contributed by atoms with E-state index < -0.39 is 6.03 Å². The minimum Gasteiger partial charge on any atom is -0.358 e. The van der Waals surface area contributed by atoms with Crippen LogP contribution in [0.15, 0.2) is 73.1 Å². The first-order valence-electron chi connectivity index (χ1n) is 10.9. The largest absolute Gasteiger partial charge is 0.358 e. The summed E-state index contributed by atoms with van der Waals surface area (Å²) in [7, 11) is 0. The zero-order chi connectivity index (χ0) is 22.6. The van der Waals surface area contributed by atoms with Crippen LogP contribution in [0, 0.1) is 0 Å². The van der Waals surface area contributed by atoms with Crippen LogP contribution in [-0.4, -0.2) is 26.8 Å². The van der Waals surface area contributed by atoms with Gasteiger partial charge in [0.05, 0.1) is 5.69 Å². The van der Waals surface area contributed by atoms with Gasteiger partial charge in [-0.3, -0.25) is 15.4 Å². The third-order valence-electron chi connectivity index (χ3n) is 5.71. The second-order valence-corrected chi connectivity index (χ2v) is 8.00. The van der Waals surface area contributed by atoms with Crippen LogP contribution in [-0.2, 0) is 12.8 Å². The number of aromatic amines is 1. The first kappa shape index (κ1) is 20.6. The molecule has 3 heterocycles. The monoisotopic (exact) mass is 437 g/mol. The smallest absolute Gasteiger partial charge is 0.326 e. The lowest BCUT2D eigenvalue weighted by molar-refractivity contribution is 0.0971. The summed E-state index contributed by atoms with van der Waals surface area (Å²) < 4.78 is 0. The molecule has 0 spiro atoms. The molecule has 0 fully saturated rings. The summed E-state index contributed by atoms with van der Waals surface area (Å²) in [5.74, 6) is 1.05. The number of Topliss-reactive ketones (excluding diaryl/α,β-unsaturated/α-hetero) is 1. The molecule has 1 aromatic carbocycles. The van der Waals surface area contributed by atoms with Crippen molar-refractivity contribution in [3.8, 4) is 11.3 Å². The van der Waals surface area contributed by atoms with Crippen LogP contribution in [0.25, 0.3) is 11.3 Å². The molecule has 1 aliphatic carbocycles. The number of rotatable bonds is 5. The molecule has 0 unspecified atom stereocenters. The van der Waals surface area contributed by atoms with Crippen molar-refractivity contribution in [1.82, 2.24) is 15.0 Å². The molecule has 164 valence electrons. The van der Waals surface area contributed by atoms with E-state index in [1.807, 2.05) is 30.3 Å². The van der Waals surface area contributed by atoms with Crippen molar-refractivity contribution in [2.45, 2.75) is 25.7 Å². The Labute approximate surface area is 191 Å². The molecule has 33 heavy (non-hydrogen) atoms. The molecule has 0 aliphatic heterocycles. The summed E-state index contributed by atoms with van der Waals surface area (Å²) >= 11 is 0. The number of carbonyl (C=O) groups is 2. The Bertz CT molecular complexity index is 1300. The van der Waals surface area contributed by atoms with E-state index in [-0.39, 0.29) is 5.78 Å². The Morgan fingerprint density at radius 3 is 2.52 bits per heavy atom. The van der Waals surface area contributed by atoms with Crippen molar-refractivity contribution in [3.05, 3.63) is 95.4 Å². The molecular weight excluding hydrogens is 414 g/mol. The van der Waals surface area contributed by atoms with Crippen LogP contribution in [0.4, 0.5) is 16.4 Å². The normalized spacial score (nSPS) is 12.8. The molecule has 1 aliphatic rings. The lowest BCUT2D eigenvalue weighted by atomic mass is 9.90. The van der Waals surface area contributed by atoms with Gasteiger partial charge in [0.15, 0.2) is 5.78 Å². The van der Waals surface area contributed by atoms with Gasteiger partial charge in [-0.1, -0.05) is 36.4 Å². The van der Waals surface area contributed by atoms with E-state index in [0.717, 1.165) is 46.5 Å². The Kier molecular flexibility index (Phi) is 5.68. The molecule has 3 N–H and O–H groups in total. The van der Waals surface area contributed by atoms with Gasteiger partial charge in [-0.2, -0.15) is 0 Å². The van der Waals surface area contributed by atoms with Gasteiger partial charge in [0.2, 0.25) is 0 Å². The molecule has 0 radical (unpaired) electrons. The van der Waals surface area contributed by atoms with Crippen molar-refractivity contribution in [2.24, 2.45) is 0 Å². The van der Waals surface area contributed by atoms with Gasteiger partial charge in [-0.05, 0) is 48.2 Å². The van der Waals surface area contributed by atoms with Crippen LogP contribution in [0.2, 0.25) is 0 Å². The summed E-state index contributed by atoms with van der Waals surface area (Å²) in [4.78, 5) is 37.1. The summed E-state index contributed by atoms with van der Waals surface area (Å²) in [5, 5.41) is 5.44. The number of fused-ring (bicyclic) bond motifs is 1. The number of hydrogen-bond donors (Lipinski definition) is 3. The van der Waals surface area contributed by atoms with Gasteiger partial charge in [-0.25, -0.2) is 14.8 Å². The van der Waals surface area contributed by atoms with Gasteiger partial charge >= 0.3 is 6.03 Å². The van der Waals surface area contributed by atoms with Gasteiger partial charge in [0.25, 0.3) is 0 Å². The first-order valence-corrected chi connectivity index (χ1v) is 10.9. The molecular formula is C26H23N5O2. The lowest BCUT2D eigenvalue weighted by Crippen LogP contribution is -2.20. The minimum absolute atomic E-state index is 0.187. The maximum absolute atomic E-state index is 12.8. The van der Waals surface area contributed by atoms with Crippen molar-refractivity contribution in [2.75, 3.05) is 10.6 Å². The third-order valence-corrected chi connectivity index (χ3v) is 5.71. The number of hydrogen-bond acceptors (Lipinski definition) is 4. The molecule has 7 heteroatoms. The molecule has 0 atom stereocenters. The number of nitrogens with one attached hydrogen (secondary N) is 3. The molecule has 0 bridgehead atoms. The predicted octanol–water partition coefficient (Wildman–Crippen LogP) is 5.23. The van der Waals surface area contributed by atoms with E-state index in [1.54, 1.807) is 30.6 Å². The van der Waals surface area contributed by atoms with Gasteiger partial charge in [-0.15, -0.1) is 0 Å². The van der Waals surface area contributed by atoms with Crippen LogP contribution >= 0.6 is 0 Å². The molecule has 0 saturated carbocycles. The van der Waals surface area contributed by atoms with E-state index in [0.29, 0.717) is 24.5 Å². The number of ketones is 1. The van der Waals surface area contributed by atoms with Crippen molar-refractivity contribution < 1.29 is 9.59 Å². The zero-order valence-electron chi connectivity index (χ0n) is 18.0. The van der Waals surface area contributed by atoms with Crippen molar-refractivity contribution >= 4 is 23.5 Å². The number of urea groups is 1. The average molecular weight is 438 g/mol. The average Bonchev–Trinajstić information content (AvgIpc) is 3.20. The number of amides is 2. The van der Waals surface area contributed by atoms with E-state index in [2.05, 4.69) is 37.7 Å². The number of anilines is 2. The second-order valence-electron chi connectivity index (χ2n) is 8.00. The quantitative estimate of drug-likeness (QED) is 0.398. The molecule has 5 rings (SSSR count). The fourth-order valence-corrected chi connectivity index (χ4v) is 4.25. The Morgan fingerprint density at radius 2 is 1.70 bits per heavy atom. The Hall–Kier alpha value is -4.26. The number of H-pyrrole nitrogens is 1. The minimum atomic E-state index is -0.427. The van der Waals surface area contributed by atoms with Crippen LogP contribution in [0.1, 0.15) is 40.0 Å². The maximum atomic E-state index is 12.8. The lowest BCUT2D eigenvalue weighted by Gasteiger charge is -2.12. The van der Waals surface area contributed by atoms with Gasteiger partial charge in [0, 0.05) is 42.1 Å². The van der Waals surface area contributed by atoms with Crippen molar-refractivity contribution in [3.63, 3.8) is 0 Å². The summed E-state index contributed by atoms with van der Waals surface area (Å²) in [6.45, 7) is 0. The number of aryl methyl sites for hydroxylation is 1. The highest BCUT2D eigenvalue weighted by atomic mass is 16.2. The highest BCUT2D eigenvalue weighted by Crippen LogP contribution is 2.35. The van der Waals surface area contributed by atoms with Crippen molar-refractivity contribution in [1.29, 1.82) is 0 Å². The number of aromatic nitrogens is 3. The van der Waals surface area contributed by atoms with E-state index in [4.69, 9.17) is 0 Å². The van der Waals surface area contributed by atoms with E-state index in [1.165, 1.54) is 0 Å². The van der Waals surface area contributed by atoms with Gasteiger partial charge in [0.1, 0.15) is 11.6 Å². The fraction of sp³-hybridized carbons (Fsp3) is 0.154. The predicted molar refractivity (Wildman–Crippen MR) is 127 cm³/mol. The summed E-state index contributed by atoms with van der Waals surface area (Å²) in [6, 6.07) is 18.7. The summed E-state index contributed by atoms with van der Waals surface area (Å²) in [5.41, 5.74) is 5.71. The first-order chi connectivity index (χ1) is 16.2. The fourth-order valence-electron chi connectivity index (χ4n) is 4.25. The van der Waals surface area contributed by atoms with Gasteiger partial charge < -0.3 is 4.98 Å². The number of benzene rings is 1. The SMILES string of the molecule is O=C(Nc1ccccn1)Nc1cc(-c2[nH]c3c(c2Cc2ccccc2)C(=O)CCC3)ccn1. The number of nitrogens with zero attached hydrogens (tertiary/aromatic N) is 2. The topological polar surface area (TPSA) is 99.8 Å². The Balaban J connectivity index is 1.46. The third kappa shape index (κ3) is 4.52. The van der Waals surface area contributed by atoms with Crippen LogP contribution < -0.4 is 10.6 Å². The van der Waals surface area contributed by atoms with E-state index >= 15 is 0 Å². The van der Waals surface area contributed by atoms with E-state index in [9.17, 15) is 9.59 Å². The molecule has 2 amide bonds. The number of pyridine rings is 2. The number of carbonyl (C=O) groups excluding carboxylic acids is 2. The zero-order valence-corrected chi connectivity index (χ0v) is 18.0. The summed E-state index contributed by atoms with van der Waals surface area (Å²) in [6.07, 6.45) is 6.19.